The van der Waals surface area contributed by atoms with E-state index in [2.05, 4.69) is 30.3 Å². The molecule has 1 atom stereocenters. The fourth-order valence-electron chi connectivity index (χ4n) is 2.15. The molecule has 18 heavy (non-hydrogen) atoms. The lowest BCUT2D eigenvalue weighted by molar-refractivity contribution is -0.122. The normalized spacial score (nSPS) is 23.8. The van der Waals surface area contributed by atoms with Crippen molar-refractivity contribution in [2.24, 2.45) is 5.73 Å². The number of hydrogen-bond donors (Lipinski definition) is 1. The Bertz CT molecular complexity index is 422. The lowest BCUT2D eigenvalue weighted by Gasteiger charge is -2.43. The molecule has 1 heterocycles. The summed E-state index contributed by atoms with van der Waals surface area (Å²) in [5.41, 5.74) is 5.58. The van der Waals surface area contributed by atoms with Crippen LogP contribution in [-0.2, 0) is 4.79 Å². The first-order valence-corrected chi connectivity index (χ1v) is 7.69. The van der Waals surface area contributed by atoms with E-state index < -0.39 is 0 Å². The molecule has 1 saturated heterocycles. The minimum Gasteiger partial charge on any atom is -0.368 e. The third-order valence-corrected chi connectivity index (χ3v) is 5.43. The number of thioether (sulfide) groups is 1. The van der Waals surface area contributed by atoms with Gasteiger partial charge >= 0.3 is 0 Å². The summed E-state index contributed by atoms with van der Waals surface area (Å²) in [5, 5.41) is 0. The zero-order valence-corrected chi connectivity index (χ0v) is 12.3. The van der Waals surface area contributed by atoms with Crippen LogP contribution in [0.15, 0.2) is 35.2 Å². The Hall–Kier alpha value is -0.650. The van der Waals surface area contributed by atoms with E-state index in [1.54, 1.807) is 11.9 Å². The molecule has 0 radical (unpaired) electrons. The maximum atomic E-state index is 11.7. The molecule has 2 N–H and O–H groups in total. The summed E-state index contributed by atoms with van der Waals surface area (Å²) in [7, 11) is 0. The van der Waals surface area contributed by atoms with Crippen LogP contribution < -0.4 is 5.73 Å². The Morgan fingerprint density at radius 1 is 1.44 bits per heavy atom. The summed E-state index contributed by atoms with van der Waals surface area (Å²) in [5.74, 6) is 0.784. The van der Waals surface area contributed by atoms with Crippen molar-refractivity contribution < 1.29 is 4.79 Å². The van der Waals surface area contributed by atoms with Crippen LogP contribution in [0.5, 0.6) is 0 Å². The number of rotatable bonds is 3. The highest BCUT2D eigenvalue weighted by atomic mass is 32.2. The zero-order valence-electron chi connectivity index (χ0n) is 10.6. The van der Waals surface area contributed by atoms with Gasteiger partial charge in [0.15, 0.2) is 0 Å². The molecule has 0 saturated carbocycles. The first-order valence-electron chi connectivity index (χ1n) is 5.93. The second-order valence-electron chi connectivity index (χ2n) is 4.80. The van der Waals surface area contributed by atoms with Crippen molar-refractivity contribution in [1.82, 2.24) is 4.31 Å². The topological polar surface area (TPSA) is 46.3 Å². The van der Waals surface area contributed by atoms with Gasteiger partial charge in [0.2, 0.25) is 5.91 Å². The standard InChI is InChI=1S/C13H18N2OS2/c1-13(2)11(12(14)16)15(8-9-17-13)18-10-6-4-3-5-7-10/h3-7,11H,8-9H2,1-2H3,(H2,14,16). The van der Waals surface area contributed by atoms with Gasteiger partial charge in [-0.3, -0.25) is 4.79 Å². The fourth-order valence-corrected chi connectivity index (χ4v) is 4.76. The number of benzene rings is 1. The molecule has 98 valence electrons. The number of carbonyl (C=O) groups is 1. The highest BCUT2D eigenvalue weighted by Gasteiger charge is 2.42. The summed E-state index contributed by atoms with van der Waals surface area (Å²) in [6, 6.07) is 9.87. The molecule has 0 aliphatic carbocycles. The van der Waals surface area contributed by atoms with Gasteiger partial charge in [-0.2, -0.15) is 11.8 Å². The Morgan fingerprint density at radius 3 is 2.72 bits per heavy atom. The lowest BCUT2D eigenvalue weighted by atomic mass is 10.0. The van der Waals surface area contributed by atoms with Crippen molar-refractivity contribution in [2.75, 3.05) is 12.3 Å². The maximum absolute atomic E-state index is 11.7. The summed E-state index contributed by atoms with van der Waals surface area (Å²) in [6.07, 6.45) is 0. The van der Waals surface area contributed by atoms with E-state index in [1.807, 2.05) is 30.0 Å². The van der Waals surface area contributed by atoms with Crippen molar-refractivity contribution >= 4 is 29.6 Å². The van der Waals surface area contributed by atoms with Gasteiger partial charge in [-0.05, 0) is 37.9 Å². The van der Waals surface area contributed by atoms with Crippen LogP contribution >= 0.6 is 23.7 Å². The molecule has 0 spiro atoms. The summed E-state index contributed by atoms with van der Waals surface area (Å²) >= 11 is 3.44. The monoisotopic (exact) mass is 282 g/mol. The average molecular weight is 282 g/mol. The number of primary amides is 1. The number of hydrogen-bond acceptors (Lipinski definition) is 4. The van der Waals surface area contributed by atoms with Crippen molar-refractivity contribution in [3.05, 3.63) is 30.3 Å². The molecule has 2 rings (SSSR count). The Kier molecular flexibility index (Phi) is 4.25. The molecule has 3 nitrogen and oxygen atoms in total. The predicted molar refractivity (Wildman–Crippen MR) is 78.5 cm³/mol. The van der Waals surface area contributed by atoms with Crippen LogP contribution in [0, 0.1) is 0 Å². The Balaban J connectivity index is 2.17. The molecule has 1 fully saturated rings. The van der Waals surface area contributed by atoms with Crippen LogP contribution in [0.1, 0.15) is 13.8 Å². The van der Waals surface area contributed by atoms with Gasteiger partial charge in [-0.25, -0.2) is 4.31 Å². The van der Waals surface area contributed by atoms with Gasteiger partial charge in [0, 0.05) is 21.9 Å². The Labute approximate surface area is 117 Å². The minimum absolute atomic E-state index is 0.133. The summed E-state index contributed by atoms with van der Waals surface area (Å²) in [4.78, 5) is 12.9. The van der Waals surface area contributed by atoms with E-state index >= 15 is 0 Å². The molecule has 1 aromatic carbocycles. The number of carbonyl (C=O) groups excluding carboxylic acids is 1. The first-order chi connectivity index (χ1) is 8.50. The molecule has 1 unspecified atom stereocenters. The van der Waals surface area contributed by atoms with E-state index in [-0.39, 0.29) is 16.7 Å². The maximum Gasteiger partial charge on any atom is 0.237 e. The zero-order chi connectivity index (χ0) is 13.2. The van der Waals surface area contributed by atoms with Crippen molar-refractivity contribution in [3.63, 3.8) is 0 Å². The lowest BCUT2D eigenvalue weighted by Crippen LogP contribution is -2.56. The van der Waals surface area contributed by atoms with Crippen molar-refractivity contribution in [3.8, 4) is 0 Å². The van der Waals surface area contributed by atoms with Gasteiger partial charge in [-0.1, -0.05) is 18.2 Å². The molecular weight excluding hydrogens is 264 g/mol. The molecule has 1 aliphatic heterocycles. The number of amides is 1. The van der Waals surface area contributed by atoms with E-state index in [4.69, 9.17) is 5.73 Å². The van der Waals surface area contributed by atoms with Gasteiger partial charge in [0.05, 0.1) is 0 Å². The van der Waals surface area contributed by atoms with E-state index in [0.29, 0.717) is 0 Å². The highest BCUT2D eigenvalue weighted by Crippen LogP contribution is 2.40. The molecule has 0 aromatic heterocycles. The minimum atomic E-state index is -0.240. The quantitative estimate of drug-likeness (QED) is 0.865. The van der Waals surface area contributed by atoms with Crippen LogP contribution in [-0.4, -0.2) is 33.3 Å². The largest absolute Gasteiger partial charge is 0.368 e. The molecule has 1 aliphatic rings. The molecule has 0 bridgehead atoms. The second kappa shape index (κ2) is 5.55. The van der Waals surface area contributed by atoms with E-state index in [9.17, 15) is 4.79 Å². The highest BCUT2D eigenvalue weighted by molar-refractivity contribution is 8.01. The summed E-state index contributed by atoms with van der Waals surface area (Å²) in [6.45, 7) is 5.05. The SMILES string of the molecule is CC1(C)SCCN(Sc2ccccc2)C1C(N)=O. The van der Waals surface area contributed by atoms with Gasteiger partial charge in [-0.15, -0.1) is 0 Å². The fraction of sp³-hybridized carbons (Fsp3) is 0.462. The van der Waals surface area contributed by atoms with Crippen LogP contribution in [0.25, 0.3) is 0 Å². The average Bonchev–Trinajstić information content (AvgIpc) is 2.28. The van der Waals surface area contributed by atoms with Gasteiger partial charge < -0.3 is 5.73 Å². The van der Waals surface area contributed by atoms with Crippen LogP contribution in [0.4, 0.5) is 0 Å². The molecule has 5 heteroatoms. The molecular formula is C13H18N2OS2. The number of nitrogens with zero attached hydrogens (tertiary/aromatic N) is 1. The van der Waals surface area contributed by atoms with Gasteiger partial charge in [0.1, 0.15) is 6.04 Å². The Morgan fingerprint density at radius 2 is 2.11 bits per heavy atom. The van der Waals surface area contributed by atoms with Crippen molar-refractivity contribution in [1.29, 1.82) is 0 Å². The third kappa shape index (κ3) is 3.02. The summed E-state index contributed by atoms with van der Waals surface area (Å²) < 4.78 is 1.99. The van der Waals surface area contributed by atoms with Crippen LogP contribution in [0.2, 0.25) is 0 Å². The van der Waals surface area contributed by atoms with Gasteiger partial charge in [0.25, 0.3) is 0 Å². The second-order valence-corrected chi connectivity index (χ2v) is 7.67. The van der Waals surface area contributed by atoms with Crippen LogP contribution in [0.3, 0.4) is 0 Å². The van der Waals surface area contributed by atoms with Crippen molar-refractivity contribution in [2.45, 2.75) is 29.5 Å². The predicted octanol–water partition coefficient (Wildman–Crippen LogP) is 2.37. The third-order valence-electron chi connectivity index (χ3n) is 2.97. The first kappa shape index (κ1) is 13.8. The van der Waals surface area contributed by atoms with E-state index in [0.717, 1.165) is 17.2 Å². The van der Waals surface area contributed by atoms with E-state index in [1.165, 1.54) is 0 Å². The smallest absolute Gasteiger partial charge is 0.237 e. The number of nitrogens with two attached hydrogens (primary N) is 1. The molecule has 1 amide bonds. The molecule has 1 aromatic rings.